The number of methoxy groups -OCH3 is 1. The van der Waals surface area contributed by atoms with E-state index >= 15 is 0 Å². The molecule has 148 valence electrons. The standard InChI is InChI=1S/C22H26N2O4/c1-14-18(15(2)28-24-14)13-27-21-8-7-16(11-22(21)25-3)12-23-19-5-4-6-20-17(19)9-10-26-20/h7-11,19,23H,4-6,12-13H2,1-3H3. The number of rotatable bonds is 7. The molecule has 0 radical (unpaired) electrons. The summed E-state index contributed by atoms with van der Waals surface area (Å²) in [5.74, 6) is 3.33. The second kappa shape index (κ2) is 8.10. The normalized spacial score (nSPS) is 16.0. The van der Waals surface area contributed by atoms with Crippen molar-refractivity contribution >= 4 is 0 Å². The summed E-state index contributed by atoms with van der Waals surface area (Å²) in [6.07, 6.45) is 5.10. The van der Waals surface area contributed by atoms with Crippen LogP contribution in [0.25, 0.3) is 0 Å². The summed E-state index contributed by atoms with van der Waals surface area (Å²) in [6.45, 7) is 4.97. The van der Waals surface area contributed by atoms with E-state index in [0.717, 1.165) is 59.9 Å². The van der Waals surface area contributed by atoms with Crippen LogP contribution >= 0.6 is 0 Å². The molecule has 6 heteroatoms. The highest BCUT2D eigenvalue weighted by molar-refractivity contribution is 5.43. The van der Waals surface area contributed by atoms with Crippen LogP contribution < -0.4 is 14.8 Å². The third kappa shape index (κ3) is 3.78. The molecule has 0 saturated heterocycles. The van der Waals surface area contributed by atoms with Crippen LogP contribution in [0.15, 0.2) is 39.5 Å². The van der Waals surface area contributed by atoms with Crippen molar-refractivity contribution in [2.75, 3.05) is 7.11 Å². The Hall–Kier alpha value is -2.73. The first kappa shape index (κ1) is 18.6. The fourth-order valence-electron chi connectivity index (χ4n) is 3.74. The maximum absolute atomic E-state index is 5.96. The number of hydrogen-bond donors (Lipinski definition) is 1. The Labute approximate surface area is 164 Å². The Morgan fingerprint density at radius 2 is 2.11 bits per heavy atom. The van der Waals surface area contributed by atoms with Crippen LogP contribution in [-0.2, 0) is 19.6 Å². The summed E-state index contributed by atoms with van der Waals surface area (Å²) in [6, 6.07) is 8.46. The second-order valence-electron chi connectivity index (χ2n) is 7.20. The van der Waals surface area contributed by atoms with Crippen molar-refractivity contribution < 1.29 is 18.4 Å². The predicted molar refractivity (Wildman–Crippen MR) is 105 cm³/mol. The molecule has 2 aromatic heterocycles. The lowest BCUT2D eigenvalue weighted by atomic mass is 9.93. The first-order valence-electron chi connectivity index (χ1n) is 9.67. The van der Waals surface area contributed by atoms with Gasteiger partial charge >= 0.3 is 0 Å². The Balaban J connectivity index is 1.41. The van der Waals surface area contributed by atoms with E-state index in [0.29, 0.717) is 18.4 Å². The van der Waals surface area contributed by atoms with Gasteiger partial charge in [0.05, 0.1) is 24.6 Å². The average molecular weight is 382 g/mol. The molecule has 0 spiro atoms. The summed E-state index contributed by atoms with van der Waals surface area (Å²) in [7, 11) is 1.66. The molecular weight excluding hydrogens is 356 g/mol. The van der Waals surface area contributed by atoms with E-state index in [1.807, 2.05) is 26.0 Å². The van der Waals surface area contributed by atoms with Crippen molar-refractivity contribution in [1.29, 1.82) is 0 Å². The highest BCUT2D eigenvalue weighted by Crippen LogP contribution is 2.32. The fraction of sp³-hybridized carbons (Fsp3) is 0.409. The van der Waals surface area contributed by atoms with E-state index in [4.69, 9.17) is 18.4 Å². The predicted octanol–water partition coefficient (Wildman–Crippen LogP) is 4.64. The van der Waals surface area contributed by atoms with E-state index in [2.05, 4.69) is 22.6 Å². The molecule has 1 aliphatic carbocycles. The molecule has 0 aliphatic heterocycles. The largest absolute Gasteiger partial charge is 0.493 e. The van der Waals surface area contributed by atoms with Crippen molar-refractivity contribution in [3.63, 3.8) is 0 Å². The molecular formula is C22H26N2O4. The summed E-state index contributed by atoms with van der Waals surface area (Å²) < 4.78 is 22.3. The summed E-state index contributed by atoms with van der Waals surface area (Å²) >= 11 is 0. The first-order valence-corrected chi connectivity index (χ1v) is 9.67. The zero-order valence-electron chi connectivity index (χ0n) is 16.6. The number of furan rings is 1. The monoisotopic (exact) mass is 382 g/mol. The molecule has 0 saturated carbocycles. The van der Waals surface area contributed by atoms with Crippen LogP contribution in [0, 0.1) is 13.8 Å². The Morgan fingerprint density at radius 3 is 2.89 bits per heavy atom. The van der Waals surface area contributed by atoms with E-state index < -0.39 is 0 Å². The molecule has 1 unspecified atom stereocenters. The third-order valence-corrected chi connectivity index (χ3v) is 5.39. The second-order valence-corrected chi connectivity index (χ2v) is 7.20. The lowest BCUT2D eigenvalue weighted by Gasteiger charge is -2.23. The minimum Gasteiger partial charge on any atom is -0.493 e. The first-order chi connectivity index (χ1) is 13.7. The maximum Gasteiger partial charge on any atom is 0.161 e. The highest BCUT2D eigenvalue weighted by Gasteiger charge is 2.22. The number of benzene rings is 1. The lowest BCUT2D eigenvalue weighted by Crippen LogP contribution is -2.24. The molecule has 0 fully saturated rings. The number of nitrogens with zero attached hydrogens (tertiary/aromatic N) is 1. The van der Waals surface area contributed by atoms with E-state index in [-0.39, 0.29) is 0 Å². The highest BCUT2D eigenvalue weighted by atomic mass is 16.5. The van der Waals surface area contributed by atoms with Gasteiger partial charge in [-0.3, -0.25) is 0 Å². The minimum absolute atomic E-state index is 0.337. The number of aryl methyl sites for hydroxylation is 3. The van der Waals surface area contributed by atoms with Crippen LogP contribution in [0.4, 0.5) is 0 Å². The van der Waals surface area contributed by atoms with Gasteiger partial charge in [0.15, 0.2) is 11.5 Å². The molecule has 0 bridgehead atoms. The molecule has 1 N–H and O–H groups in total. The number of hydrogen-bond acceptors (Lipinski definition) is 6. The van der Waals surface area contributed by atoms with Gasteiger partial charge in [-0.2, -0.15) is 0 Å². The Bertz CT molecular complexity index is 924. The van der Waals surface area contributed by atoms with Gasteiger partial charge in [0.1, 0.15) is 18.1 Å². The van der Waals surface area contributed by atoms with Gasteiger partial charge in [-0.05, 0) is 50.5 Å². The molecule has 0 amide bonds. The van der Waals surface area contributed by atoms with Crippen molar-refractivity contribution in [3.8, 4) is 11.5 Å². The van der Waals surface area contributed by atoms with Gasteiger partial charge in [0.2, 0.25) is 0 Å². The van der Waals surface area contributed by atoms with Gasteiger partial charge < -0.3 is 23.7 Å². The molecule has 6 nitrogen and oxygen atoms in total. The van der Waals surface area contributed by atoms with Crippen molar-refractivity contribution in [2.45, 2.75) is 52.3 Å². The fourth-order valence-corrected chi connectivity index (χ4v) is 3.74. The minimum atomic E-state index is 0.337. The van der Waals surface area contributed by atoms with Gasteiger partial charge in [-0.25, -0.2) is 0 Å². The zero-order valence-corrected chi connectivity index (χ0v) is 16.6. The van der Waals surface area contributed by atoms with E-state index in [1.54, 1.807) is 13.4 Å². The van der Waals surface area contributed by atoms with Gasteiger partial charge in [-0.1, -0.05) is 11.2 Å². The van der Waals surface area contributed by atoms with Crippen LogP contribution in [0.1, 0.15) is 52.8 Å². The van der Waals surface area contributed by atoms with Gasteiger partial charge in [-0.15, -0.1) is 0 Å². The molecule has 1 atom stereocenters. The number of ether oxygens (including phenoxy) is 2. The lowest BCUT2D eigenvalue weighted by molar-refractivity contribution is 0.281. The SMILES string of the molecule is COc1cc(CNC2CCCc3occc32)ccc1OCc1c(C)noc1C. The van der Waals surface area contributed by atoms with Gasteiger partial charge in [0, 0.05) is 24.6 Å². The Morgan fingerprint density at radius 1 is 1.21 bits per heavy atom. The molecule has 2 heterocycles. The number of fused-ring (bicyclic) bond motifs is 1. The maximum atomic E-state index is 5.96. The van der Waals surface area contributed by atoms with Gasteiger partial charge in [0.25, 0.3) is 0 Å². The molecule has 28 heavy (non-hydrogen) atoms. The summed E-state index contributed by atoms with van der Waals surface area (Å²) in [5.41, 5.74) is 4.26. The van der Waals surface area contributed by atoms with Crippen molar-refractivity contribution in [1.82, 2.24) is 10.5 Å². The zero-order chi connectivity index (χ0) is 19.5. The van der Waals surface area contributed by atoms with Crippen LogP contribution in [0.3, 0.4) is 0 Å². The van der Waals surface area contributed by atoms with Crippen LogP contribution in [-0.4, -0.2) is 12.3 Å². The summed E-state index contributed by atoms with van der Waals surface area (Å²) in [4.78, 5) is 0. The van der Waals surface area contributed by atoms with Crippen molar-refractivity contribution in [3.05, 3.63) is 64.4 Å². The van der Waals surface area contributed by atoms with Crippen LogP contribution in [0.5, 0.6) is 11.5 Å². The number of aromatic nitrogens is 1. The molecule has 1 aromatic carbocycles. The molecule has 1 aliphatic rings. The average Bonchev–Trinajstić information content (AvgIpc) is 3.32. The number of nitrogens with one attached hydrogen (secondary N) is 1. The Kier molecular flexibility index (Phi) is 5.39. The van der Waals surface area contributed by atoms with E-state index in [9.17, 15) is 0 Å². The third-order valence-electron chi connectivity index (χ3n) is 5.39. The van der Waals surface area contributed by atoms with Crippen LogP contribution in [0.2, 0.25) is 0 Å². The molecule has 3 aromatic rings. The quantitative estimate of drug-likeness (QED) is 0.642. The molecule has 4 rings (SSSR count). The smallest absolute Gasteiger partial charge is 0.161 e. The topological polar surface area (TPSA) is 69.7 Å². The van der Waals surface area contributed by atoms with Crippen molar-refractivity contribution in [2.24, 2.45) is 0 Å². The summed E-state index contributed by atoms with van der Waals surface area (Å²) in [5, 5.41) is 7.61. The van der Waals surface area contributed by atoms with E-state index in [1.165, 1.54) is 5.56 Å².